The largest absolute Gasteiger partial charge is 0.381 e. The fraction of sp³-hybridized carbons (Fsp3) is 0.966. The summed E-state index contributed by atoms with van der Waals surface area (Å²) in [5.74, 6) is 0. The molecule has 0 aliphatic carbocycles. The van der Waals surface area contributed by atoms with E-state index in [1.807, 2.05) is 0 Å². The third kappa shape index (κ3) is 28.0. The number of rotatable bonds is 27. The van der Waals surface area contributed by atoms with Crippen LogP contribution in [0.2, 0.25) is 0 Å². The van der Waals surface area contributed by atoms with E-state index in [1.54, 1.807) is 0 Å². The molecule has 0 spiro atoms. The van der Waals surface area contributed by atoms with Gasteiger partial charge in [0.05, 0.1) is 0 Å². The van der Waals surface area contributed by atoms with E-state index in [4.69, 9.17) is 4.74 Å². The summed E-state index contributed by atoms with van der Waals surface area (Å²) < 4.78 is 5.62. The Labute approximate surface area is 192 Å². The molecule has 30 heavy (non-hydrogen) atoms. The maximum atomic E-state index is 5.62. The van der Waals surface area contributed by atoms with Crippen molar-refractivity contribution in [3.63, 3.8) is 0 Å². The lowest BCUT2D eigenvalue weighted by Gasteiger charge is -2.05. The van der Waals surface area contributed by atoms with Gasteiger partial charge in [-0.2, -0.15) is 0 Å². The van der Waals surface area contributed by atoms with Crippen molar-refractivity contribution in [2.24, 2.45) is 0 Å². The molecule has 1 heteroatoms. The van der Waals surface area contributed by atoms with Crippen LogP contribution in [0.1, 0.15) is 167 Å². The number of hydrogen-bond donors (Lipinski definition) is 0. The Balaban J connectivity index is 2.97. The third-order valence-corrected chi connectivity index (χ3v) is 6.43. The third-order valence-electron chi connectivity index (χ3n) is 6.43. The fourth-order valence-electron chi connectivity index (χ4n) is 4.26. The van der Waals surface area contributed by atoms with Gasteiger partial charge in [-0.05, 0) is 12.8 Å². The first-order chi connectivity index (χ1) is 14.9. The van der Waals surface area contributed by atoms with Gasteiger partial charge in [0.25, 0.3) is 0 Å². The van der Waals surface area contributed by atoms with Gasteiger partial charge in [0.2, 0.25) is 0 Å². The zero-order valence-corrected chi connectivity index (χ0v) is 21.2. The normalized spacial score (nSPS) is 11.4. The highest BCUT2D eigenvalue weighted by molar-refractivity contribution is 4.51. The Morgan fingerprint density at radius 2 is 0.633 bits per heavy atom. The van der Waals surface area contributed by atoms with E-state index in [-0.39, 0.29) is 0 Å². The van der Waals surface area contributed by atoms with Crippen LogP contribution in [0.25, 0.3) is 0 Å². The Morgan fingerprint density at radius 1 is 0.367 bits per heavy atom. The molecule has 0 amide bonds. The van der Waals surface area contributed by atoms with E-state index in [1.165, 1.54) is 154 Å². The first-order valence-corrected chi connectivity index (χ1v) is 14.3. The van der Waals surface area contributed by atoms with Crippen molar-refractivity contribution in [3.05, 3.63) is 6.92 Å². The van der Waals surface area contributed by atoms with Gasteiger partial charge in [-0.3, -0.25) is 0 Å². The average Bonchev–Trinajstić information content (AvgIpc) is 2.76. The molecule has 0 saturated carbocycles. The van der Waals surface area contributed by atoms with Crippen LogP contribution in [0.4, 0.5) is 0 Å². The first-order valence-electron chi connectivity index (χ1n) is 14.3. The lowest BCUT2D eigenvalue weighted by atomic mass is 10.0. The van der Waals surface area contributed by atoms with Crippen LogP contribution < -0.4 is 0 Å². The highest BCUT2D eigenvalue weighted by atomic mass is 16.5. The van der Waals surface area contributed by atoms with Crippen molar-refractivity contribution in [1.29, 1.82) is 0 Å². The van der Waals surface area contributed by atoms with Crippen LogP contribution in [0.5, 0.6) is 0 Å². The van der Waals surface area contributed by atoms with E-state index in [0.29, 0.717) is 0 Å². The van der Waals surface area contributed by atoms with Crippen molar-refractivity contribution in [2.75, 3.05) is 13.2 Å². The molecule has 0 saturated heterocycles. The second-order valence-corrected chi connectivity index (χ2v) is 9.60. The van der Waals surface area contributed by atoms with Crippen LogP contribution in [-0.4, -0.2) is 13.2 Å². The zero-order chi connectivity index (χ0) is 21.8. The summed E-state index contributed by atoms with van der Waals surface area (Å²) in [6, 6.07) is 0. The van der Waals surface area contributed by atoms with Gasteiger partial charge >= 0.3 is 0 Å². The molecule has 1 nitrogen and oxygen atoms in total. The SMILES string of the molecule is [CH2]CCCCCCCCCCCCCCCCCCCCCCCCOCCCC. The van der Waals surface area contributed by atoms with Crippen molar-refractivity contribution in [3.8, 4) is 0 Å². The van der Waals surface area contributed by atoms with E-state index < -0.39 is 0 Å². The predicted molar refractivity (Wildman–Crippen MR) is 137 cm³/mol. The van der Waals surface area contributed by atoms with Crippen molar-refractivity contribution < 1.29 is 4.74 Å². The molecule has 0 aliphatic rings. The minimum Gasteiger partial charge on any atom is -0.381 e. The summed E-state index contributed by atoms with van der Waals surface area (Å²) >= 11 is 0. The Bertz CT molecular complexity index is 248. The topological polar surface area (TPSA) is 9.23 Å². The van der Waals surface area contributed by atoms with Gasteiger partial charge in [0.15, 0.2) is 0 Å². The highest BCUT2D eigenvalue weighted by Crippen LogP contribution is 2.15. The van der Waals surface area contributed by atoms with Crippen molar-refractivity contribution >= 4 is 0 Å². The summed E-state index contributed by atoms with van der Waals surface area (Å²) in [6.45, 7) is 8.09. The van der Waals surface area contributed by atoms with Crippen molar-refractivity contribution in [1.82, 2.24) is 0 Å². The van der Waals surface area contributed by atoms with Gasteiger partial charge in [-0.1, -0.05) is 162 Å². The quantitative estimate of drug-likeness (QED) is 0.119. The summed E-state index contributed by atoms with van der Waals surface area (Å²) in [4.78, 5) is 0. The highest BCUT2D eigenvalue weighted by Gasteiger charge is 1.96. The zero-order valence-electron chi connectivity index (χ0n) is 21.2. The van der Waals surface area contributed by atoms with E-state index in [2.05, 4.69) is 13.8 Å². The van der Waals surface area contributed by atoms with Crippen LogP contribution in [0.15, 0.2) is 0 Å². The number of hydrogen-bond acceptors (Lipinski definition) is 1. The lowest BCUT2D eigenvalue weighted by Crippen LogP contribution is -1.96. The van der Waals surface area contributed by atoms with E-state index in [9.17, 15) is 0 Å². The summed E-state index contributed by atoms with van der Waals surface area (Å²) in [6.07, 6.45) is 35.3. The number of unbranched alkanes of at least 4 members (excludes halogenated alkanes) is 23. The van der Waals surface area contributed by atoms with Crippen LogP contribution >= 0.6 is 0 Å². The van der Waals surface area contributed by atoms with Gasteiger partial charge in [-0.25, -0.2) is 0 Å². The molecule has 0 bridgehead atoms. The predicted octanol–water partition coefficient (Wildman–Crippen LogP) is 10.6. The van der Waals surface area contributed by atoms with Crippen molar-refractivity contribution in [2.45, 2.75) is 167 Å². The molecule has 0 aromatic carbocycles. The number of ether oxygens (including phenoxy) is 1. The molecule has 0 heterocycles. The molecule has 0 aromatic rings. The Kier molecular flexibility index (Phi) is 28.9. The molecule has 0 rings (SSSR count). The molecule has 0 atom stereocenters. The summed E-state index contributed by atoms with van der Waals surface area (Å²) in [5.41, 5.74) is 0. The lowest BCUT2D eigenvalue weighted by molar-refractivity contribution is 0.127. The molecule has 0 N–H and O–H groups in total. The monoisotopic (exact) mass is 423 g/mol. The molecular formula is C29H59O. The minimum absolute atomic E-state index is 0.967. The average molecular weight is 424 g/mol. The summed E-state index contributed by atoms with van der Waals surface area (Å²) in [7, 11) is 0. The molecule has 181 valence electrons. The molecular weight excluding hydrogens is 364 g/mol. The molecule has 0 aromatic heterocycles. The fourth-order valence-corrected chi connectivity index (χ4v) is 4.26. The van der Waals surface area contributed by atoms with Gasteiger partial charge in [0.1, 0.15) is 0 Å². The minimum atomic E-state index is 0.967. The molecule has 1 radical (unpaired) electrons. The smallest absolute Gasteiger partial charge is 0.0466 e. The maximum Gasteiger partial charge on any atom is 0.0466 e. The first kappa shape index (κ1) is 30.0. The molecule has 0 aliphatic heterocycles. The van der Waals surface area contributed by atoms with Gasteiger partial charge in [-0.15, -0.1) is 0 Å². The standard InChI is InChI=1S/C29H59O/c1-3-5-7-8-9-10-11-12-13-14-15-16-17-18-19-20-21-22-23-24-25-26-27-29-30-28-6-4-2/h1,3-29H2,2H3. The van der Waals surface area contributed by atoms with Crippen LogP contribution in [0.3, 0.4) is 0 Å². The van der Waals surface area contributed by atoms with Crippen LogP contribution in [0, 0.1) is 6.92 Å². The Morgan fingerprint density at radius 3 is 0.933 bits per heavy atom. The summed E-state index contributed by atoms with van der Waals surface area (Å²) in [5, 5.41) is 0. The second kappa shape index (κ2) is 29.0. The van der Waals surface area contributed by atoms with Crippen LogP contribution in [-0.2, 0) is 4.74 Å². The van der Waals surface area contributed by atoms with Gasteiger partial charge in [0, 0.05) is 13.2 Å². The molecule has 0 fully saturated rings. The Hall–Kier alpha value is -0.0400. The van der Waals surface area contributed by atoms with E-state index >= 15 is 0 Å². The second-order valence-electron chi connectivity index (χ2n) is 9.60. The van der Waals surface area contributed by atoms with E-state index in [0.717, 1.165) is 19.6 Å². The molecule has 0 unspecified atom stereocenters. The van der Waals surface area contributed by atoms with Gasteiger partial charge < -0.3 is 4.74 Å². The maximum absolute atomic E-state index is 5.62.